The van der Waals surface area contributed by atoms with Gasteiger partial charge in [-0.1, -0.05) is 41.9 Å². The molecule has 0 rings (SSSR count). The van der Waals surface area contributed by atoms with Crippen LogP contribution in [0.15, 0.2) is 0 Å². The number of carboxylic acids is 2. The number of ketones is 1. The number of nitrogens with two attached hydrogens (primary N) is 3. The zero-order valence-corrected chi connectivity index (χ0v) is 14.1. The van der Waals surface area contributed by atoms with Gasteiger partial charge < -0.3 is 27.4 Å². The van der Waals surface area contributed by atoms with Crippen molar-refractivity contribution in [2.75, 3.05) is 5.75 Å². The maximum Gasteiger partial charge on any atom is 0.322 e. The van der Waals surface area contributed by atoms with Crippen LogP contribution in [0.5, 0.6) is 0 Å². The Morgan fingerprint density at radius 1 is 1.05 bits per heavy atom. The van der Waals surface area contributed by atoms with Gasteiger partial charge in [-0.15, -0.1) is 0 Å². The highest BCUT2D eigenvalue weighted by Gasteiger charge is 2.36. The lowest BCUT2D eigenvalue weighted by atomic mass is 9.93. The third-order valence-electron chi connectivity index (χ3n) is 3.21. The minimum Gasteiger partial charge on any atom is -0.480 e. The van der Waals surface area contributed by atoms with Gasteiger partial charge in [0.15, 0.2) is 5.78 Å². The van der Waals surface area contributed by atoms with Crippen molar-refractivity contribution in [3.8, 4) is 0 Å². The number of carboxylic acid groups (broad SMARTS) is 2. The molecular weight excluding hydrogens is 330 g/mol. The molecule has 0 spiro atoms. The molecule has 0 aliphatic heterocycles. The van der Waals surface area contributed by atoms with E-state index in [1.807, 2.05) is 6.92 Å². The second kappa shape index (κ2) is 10.1. The summed E-state index contributed by atoms with van der Waals surface area (Å²) in [6.07, 6.45) is 0.670. The number of carbonyl (C=O) groups excluding carboxylic acids is 1. The van der Waals surface area contributed by atoms with Crippen molar-refractivity contribution in [3.63, 3.8) is 0 Å². The third kappa shape index (κ3) is 6.53. The van der Waals surface area contributed by atoms with Crippen molar-refractivity contribution in [2.24, 2.45) is 23.1 Å². The van der Waals surface area contributed by atoms with E-state index in [1.165, 1.54) is 0 Å². The van der Waals surface area contributed by atoms with E-state index >= 15 is 0 Å². The van der Waals surface area contributed by atoms with E-state index in [0.717, 1.165) is 21.6 Å². The van der Waals surface area contributed by atoms with Crippen LogP contribution in [0.25, 0.3) is 0 Å². The van der Waals surface area contributed by atoms with Crippen LogP contribution in [0.1, 0.15) is 20.3 Å². The molecule has 1 unspecified atom stereocenters. The molecule has 0 saturated heterocycles. The van der Waals surface area contributed by atoms with Gasteiger partial charge in [0.1, 0.15) is 17.3 Å². The van der Waals surface area contributed by atoms with Gasteiger partial charge in [0.25, 0.3) is 0 Å². The number of carbonyl (C=O) groups is 3. The Balaban J connectivity index is 4.87. The largest absolute Gasteiger partial charge is 0.480 e. The molecule has 0 aromatic carbocycles. The lowest BCUT2D eigenvalue weighted by molar-refractivity contribution is -0.140. The highest BCUT2D eigenvalue weighted by Crippen LogP contribution is 2.31. The summed E-state index contributed by atoms with van der Waals surface area (Å²) in [6, 6.07) is -3.33. The summed E-state index contributed by atoms with van der Waals surface area (Å²) in [4.78, 5) is 34.0. The average molecular weight is 353 g/mol. The molecule has 128 valence electrons. The topological polar surface area (TPSA) is 170 Å². The molecule has 0 aromatic rings. The first-order chi connectivity index (χ1) is 10.1. The predicted octanol–water partition coefficient (Wildman–Crippen LogP) is -0.497. The molecule has 0 aliphatic carbocycles. The predicted molar refractivity (Wildman–Crippen MR) is 87.5 cm³/mol. The van der Waals surface area contributed by atoms with Gasteiger partial charge in [-0.2, -0.15) is 0 Å². The Bertz CT molecular complexity index is 410. The Kier molecular flexibility index (Phi) is 9.69. The number of rotatable bonds is 11. The molecule has 0 fully saturated rings. The normalized spacial score (nSPS) is 18.0. The number of Topliss-reactive ketones (excluding diaryl/α,β-unsaturated/α-hetero) is 1. The lowest BCUT2D eigenvalue weighted by Gasteiger charge is -2.25. The van der Waals surface area contributed by atoms with Gasteiger partial charge in [0.05, 0.1) is 6.04 Å². The van der Waals surface area contributed by atoms with Gasteiger partial charge in [0, 0.05) is 5.75 Å². The van der Waals surface area contributed by atoms with E-state index in [9.17, 15) is 14.4 Å². The number of hydrogen-bond donors (Lipinski definition) is 5. The Morgan fingerprint density at radius 3 is 2.00 bits per heavy atom. The smallest absolute Gasteiger partial charge is 0.322 e. The van der Waals surface area contributed by atoms with Crippen LogP contribution in [0.2, 0.25) is 0 Å². The van der Waals surface area contributed by atoms with E-state index in [-0.39, 0.29) is 11.7 Å². The zero-order valence-electron chi connectivity index (χ0n) is 12.5. The van der Waals surface area contributed by atoms with Crippen LogP contribution in [0.4, 0.5) is 0 Å². The Labute approximate surface area is 136 Å². The summed E-state index contributed by atoms with van der Waals surface area (Å²) in [6.45, 7) is 3.67. The van der Waals surface area contributed by atoms with Crippen molar-refractivity contribution in [2.45, 2.75) is 43.6 Å². The molecule has 0 aromatic heterocycles. The second-order valence-corrected chi connectivity index (χ2v) is 7.48. The average Bonchev–Trinajstić information content (AvgIpc) is 2.48. The minimum atomic E-state index is -1.42. The molecule has 22 heavy (non-hydrogen) atoms. The summed E-state index contributed by atoms with van der Waals surface area (Å²) in [7, 11) is 1.91. The summed E-state index contributed by atoms with van der Waals surface area (Å²) < 4.78 is 0. The fraction of sp³-hybridized carbons (Fsp3) is 0.750. The SMILES string of the molecule is CC[C@H](C)[C@H](N)C(=O)C(SSC[C@H](N)C(=O)O)[C@H](N)C(=O)O. The van der Waals surface area contributed by atoms with E-state index < -0.39 is 41.1 Å². The molecular formula is C12H23N3O5S2. The summed E-state index contributed by atoms with van der Waals surface area (Å²) in [5.74, 6) is -3.03. The minimum absolute atomic E-state index is 0.0225. The summed E-state index contributed by atoms with van der Waals surface area (Å²) in [5, 5.41) is 16.6. The van der Waals surface area contributed by atoms with Crippen molar-refractivity contribution in [1.29, 1.82) is 0 Å². The van der Waals surface area contributed by atoms with Gasteiger partial charge >= 0.3 is 11.9 Å². The van der Waals surface area contributed by atoms with Gasteiger partial charge in [-0.05, 0) is 5.92 Å². The van der Waals surface area contributed by atoms with Crippen LogP contribution in [-0.2, 0) is 14.4 Å². The van der Waals surface area contributed by atoms with Crippen LogP contribution in [0.3, 0.4) is 0 Å². The van der Waals surface area contributed by atoms with Gasteiger partial charge in [-0.3, -0.25) is 14.4 Å². The summed E-state index contributed by atoms with van der Waals surface area (Å²) >= 11 is 0. The van der Waals surface area contributed by atoms with Crippen molar-refractivity contribution in [3.05, 3.63) is 0 Å². The van der Waals surface area contributed by atoms with Crippen molar-refractivity contribution in [1.82, 2.24) is 0 Å². The molecule has 0 bridgehead atoms. The molecule has 0 heterocycles. The van der Waals surface area contributed by atoms with E-state index in [0.29, 0.717) is 6.42 Å². The monoisotopic (exact) mass is 353 g/mol. The highest BCUT2D eigenvalue weighted by atomic mass is 33.1. The van der Waals surface area contributed by atoms with Crippen molar-refractivity contribution < 1.29 is 24.6 Å². The van der Waals surface area contributed by atoms with E-state index in [2.05, 4.69) is 0 Å². The van der Waals surface area contributed by atoms with E-state index in [1.54, 1.807) is 6.92 Å². The molecule has 5 atom stereocenters. The first kappa shape index (κ1) is 21.2. The van der Waals surface area contributed by atoms with E-state index in [4.69, 9.17) is 27.4 Å². The fourth-order valence-corrected chi connectivity index (χ4v) is 4.16. The first-order valence-electron chi connectivity index (χ1n) is 6.67. The van der Waals surface area contributed by atoms with Gasteiger partial charge in [-0.25, -0.2) is 0 Å². The maximum atomic E-state index is 12.3. The molecule has 0 radical (unpaired) electrons. The first-order valence-corrected chi connectivity index (χ1v) is 9.06. The van der Waals surface area contributed by atoms with Crippen molar-refractivity contribution >= 4 is 39.3 Å². The zero-order chi connectivity index (χ0) is 17.4. The molecule has 10 heteroatoms. The Morgan fingerprint density at radius 2 is 1.59 bits per heavy atom. The lowest BCUT2D eigenvalue weighted by Crippen LogP contribution is -2.51. The molecule has 0 saturated carbocycles. The standard InChI is InChI=1S/C12H23N3O5S2/c1-3-5(2)7(14)9(16)10(8(15)12(19)20)22-21-4-6(13)11(17)18/h5-8,10H,3-4,13-15H2,1-2H3,(H,17,18)(H,19,20)/t5-,6-,7-,8-,10?/m0/s1. The van der Waals surface area contributed by atoms with Gasteiger partial charge in [0.2, 0.25) is 0 Å². The fourth-order valence-electron chi connectivity index (χ4n) is 1.39. The maximum absolute atomic E-state index is 12.3. The quantitative estimate of drug-likeness (QED) is 0.305. The summed E-state index contributed by atoms with van der Waals surface area (Å²) in [5.41, 5.74) is 16.8. The second-order valence-electron chi connectivity index (χ2n) is 4.92. The Hall–Kier alpha value is -0.810. The molecule has 8 N–H and O–H groups in total. The number of hydrogen-bond acceptors (Lipinski definition) is 8. The number of aliphatic carboxylic acids is 2. The van der Waals surface area contributed by atoms with Crippen LogP contribution in [0, 0.1) is 5.92 Å². The van der Waals surface area contributed by atoms with Crippen LogP contribution < -0.4 is 17.2 Å². The molecule has 0 aliphatic rings. The van der Waals surface area contributed by atoms with Crippen LogP contribution >= 0.6 is 21.6 Å². The molecule has 0 amide bonds. The van der Waals surface area contributed by atoms with Crippen LogP contribution in [-0.4, -0.2) is 57.1 Å². The highest BCUT2D eigenvalue weighted by molar-refractivity contribution is 8.77. The molecule has 8 nitrogen and oxygen atoms in total. The third-order valence-corrected chi connectivity index (χ3v) is 6.02.